The van der Waals surface area contributed by atoms with Crippen molar-refractivity contribution in [1.82, 2.24) is 10.3 Å². The molecule has 0 aliphatic carbocycles. The van der Waals surface area contributed by atoms with Crippen molar-refractivity contribution in [2.75, 3.05) is 6.54 Å². The van der Waals surface area contributed by atoms with Crippen LogP contribution in [-0.4, -0.2) is 17.4 Å². The maximum Gasteiger partial charge on any atom is 0.254 e. The Morgan fingerprint density at radius 1 is 1.17 bits per heavy atom. The van der Waals surface area contributed by atoms with Crippen molar-refractivity contribution < 1.29 is 13.6 Å². The van der Waals surface area contributed by atoms with Gasteiger partial charge >= 0.3 is 0 Å². The maximum atomic E-state index is 13.5. The van der Waals surface area contributed by atoms with Crippen molar-refractivity contribution in [2.45, 2.75) is 6.42 Å². The average molecular weight is 335 g/mol. The fraction of sp³-hybridized carbons (Fsp3) is 0.118. The first-order valence-corrected chi connectivity index (χ1v) is 7.41. The van der Waals surface area contributed by atoms with Crippen molar-refractivity contribution in [1.29, 1.82) is 0 Å². The summed E-state index contributed by atoms with van der Waals surface area (Å²) in [6, 6.07) is 8.31. The number of carbonyl (C=O) groups is 1. The molecule has 3 rings (SSSR count). The number of H-pyrrole nitrogens is 1. The van der Waals surface area contributed by atoms with Gasteiger partial charge in [-0.2, -0.15) is 0 Å². The molecule has 1 aromatic heterocycles. The van der Waals surface area contributed by atoms with Gasteiger partial charge < -0.3 is 10.3 Å². The summed E-state index contributed by atoms with van der Waals surface area (Å²) in [7, 11) is 0. The molecular formula is C17H13ClF2N2O. The zero-order chi connectivity index (χ0) is 16.4. The zero-order valence-electron chi connectivity index (χ0n) is 12.0. The fourth-order valence-corrected chi connectivity index (χ4v) is 2.61. The minimum absolute atomic E-state index is 0.299. The van der Waals surface area contributed by atoms with Crippen molar-refractivity contribution >= 4 is 28.4 Å². The number of nitrogens with one attached hydrogen (secondary N) is 2. The van der Waals surface area contributed by atoms with Crippen molar-refractivity contribution in [3.05, 3.63) is 70.4 Å². The molecule has 6 heteroatoms. The van der Waals surface area contributed by atoms with Gasteiger partial charge in [-0.05, 0) is 48.4 Å². The second kappa shape index (κ2) is 6.38. The number of hydrogen-bond acceptors (Lipinski definition) is 1. The lowest BCUT2D eigenvalue weighted by Gasteiger charge is -2.06. The minimum atomic E-state index is -0.747. The van der Waals surface area contributed by atoms with Gasteiger partial charge in [-0.1, -0.05) is 11.6 Å². The molecule has 23 heavy (non-hydrogen) atoms. The zero-order valence-corrected chi connectivity index (χ0v) is 12.8. The highest BCUT2D eigenvalue weighted by Crippen LogP contribution is 2.22. The molecule has 0 radical (unpaired) electrons. The van der Waals surface area contributed by atoms with Gasteiger partial charge in [-0.15, -0.1) is 0 Å². The largest absolute Gasteiger partial charge is 0.361 e. The Kier molecular flexibility index (Phi) is 4.30. The molecular weight excluding hydrogens is 322 g/mol. The lowest BCUT2D eigenvalue weighted by atomic mass is 10.1. The van der Waals surface area contributed by atoms with Crippen LogP contribution in [0.1, 0.15) is 15.9 Å². The van der Waals surface area contributed by atoms with E-state index in [1.165, 1.54) is 0 Å². The third-order valence-electron chi connectivity index (χ3n) is 3.58. The Hall–Kier alpha value is -2.40. The van der Waals surface area contributed by atoms with Crippen LogP contribution in [0, 0.1) is 11.6 Å². The molecule has 0 aliphatic rings. The molecule has 0 saturated heterocycles. The van der Waals surface area contributed by atoms with Gasteiger partial charge in [0.05, 0.1) is 5.56 Å². The second-order valence-electron chi connectivity index (χ2n) is 5.13. The van der Waals surface area contributed by atoms with E-state index >= 15 is 0 Å². The standard InChI is InChI=1S/C17H13ClF2N2O/c18-11-1-4-16-13(7-11)10(9-22-16)5-6-21-17(23)14-8-12(19)2-3-15(14)20/h1-4,7-9,22H,5-6H2,(H,21,23). The molecule has 2 N–H and O–H groups in total. The van der Waals surface area contributed by atoms with E-state index in [0.717, 1.165) is 34.7 Å². The molecule has 1 heterocycles. The number of hydrogen-bond donors (Lipinski definition) is 2. The van der Waals surface area contributed by atoms with E-state index in [-0.39, 0.29) is 5.56 Å². The Balaban J connectivity index is 1.67. The predicted octanol–water partition coefficient (Wildman–Crippen LogP) is 4.07. The molecule has 0 aliphatic heterocycles. The van der Waals surface area contributed by atoms with Crippen LogP contribution in [0.3, 0.4) is 0 Å². The van der Waals surface area contributed by atoms with Gasteiger partial charge in [0.2, 0.25) is 0 Å². The summed E-state index contributed by atoms with van der Waals surface area (Å²) in [5, 5.41) is 4.20. The number of halogens is 3. The van der Waals surface area contributed by atoms with E-state index < -0.39 is 17.5 Å². The van der Waals surface area contributed by atoms with Crippen LogP contribution in [0.4, 0.5) is 8.78 Å². The van der Waals surface area contributed by atoms with Crippen LogP contribution in [-0.2, 0) is 6.42 Å². The summed E-state index contributed by atoms with van der Waals surface area (Å²) < 4.78 is 26.6. The van der Waals surface area contributed by atoms with E-state index in [9.17, 15) is 13.6 Å². The van der Waals surface area contributed by atoms with Gasteiger partial charge in [0, 0.05) is 28.7 Å². The Morgan fingerprint density at radius 3 is 2.83 bits per heavy atom. The molecule has 0 bridgehead atoms. The van der Waals surface area contributed by atoms with Crippen LogP contribution >= 0.6 is 11.6 Å². The first-order valence-electron chi connectivity index (χ1n) is 7.03. The Morgan fingerprint density at radius 2 is 2.00 bits per heavy atom. The number of fused-ring (bicyclic) bond motifs is 1. The number of carbonyl (C=O) groups excluding carboxylic acids is 1. The second-order valence-corrected chi connectivity index (χ2v) is 5.57. The highest BCUT2D eigenvalue weighted by molar-refractivity contribution is 6.31. The summed E-state index contributed by atoms with van der Waals surface area (Å²) in [5.41, 5.74) is 1.64. The maximum absolute atomic E-state index is 13.5. The van der Waals surface area contributed by atoms with Crippen LogP contribution in [0.15, 0.2) is 42.6 Å². The van der Waals surface area contributed by atoms with E-state index in [2.05, 4.69) is 10.3 Å². The van der Waals surface area contributed by atoms with E-state index in [0.29, 0.717) is 18.0 Å². The smallest absolute Gasteiger partial charge is 0.254 e. The van der Waals surface area contributed by atoms with Gasteiger partial charge in [-0.25, -0.2) is 8.78 Å². The molecule has 0 spiro atoms. The molecule has 0 saturated carbocycles. The Labute approximate surface area is 136 Å². The lowest BCUT2D eigenvalue weighted by Crippen LogP contribution is -2.26. The number of aromatic amines is 1. The van der Waals surface area contributed by atoms with Gasteiger partial charge in [-0.3, -0.25) is 4.79 Å². The first-order chi connectivity index (χ1) is 11.0. The Bertz CT molecular complexity index is 876. The van der Waals surface area contributed by atoms with Crippen molar-refractivity contribution in [3.63, 3.8) is 0 Å². The number of rotatable bonds is 4. The SMILES string of the molecule is O=C(NCCc1c[nH]c2ccc(Cl)cc12)c1cc(F)ccc1F. The molecule has 0 atom stereocenters. The van der Waals surface area contributed by atoms with E-state index in [1.54, 1.807) is 6.07 Å². The van der Waals surface area contributed by atoms with Crippen LogP contribution in [0.25, 0.3) is 10.9 Å². The lowest BCUT2D eigenvalue weighted by molar-refractivity contribution is 0.0949. The monoisotopic (exact) mass is 334 g/mol. The minimum Gasteiger partial charge on any atom is -0.361 e. The number of benzene rings is 2. The summed E-state index contributed by atoms with van der Waals surface area (Å²) in [6.45, 7) is 0.300. The highest BCUT2D eigenvalue weighted by Gasteiger charge is 2.12. The molecule has 0 unspecified atom stereocenters. The van der Waals surface area contributed by atoms with Crippen LogP contribution in [0.2, 0.25) is 5.02 Å². The van der Waals surface area contributed by atoms with Crippen molar-refractivity contribution in [2.24, 2.45) is 0 Å². The average Bonchev–Trinajstić information content (AvgIpc) is 2.92. The van der Waals surface area contributed by atoms with Gasteiger partial charge in [0.1, 0.15) is 11.6 Å². The normalized spacial score (nSPS) is 10.9. The van der Waals surface area contributed by atoms with Crippen LogP contribution < -0.4 is 5.32 Å². The fourth-order valence-electron chi connectivity index (χ4n) is 2.43. The summed E-state index contributed by atoms with van der Waals surface area (Å²) >= 11 is 5.98. The molecule has 3 nitrogen and oxygen atoms in total. The van der Waals surface area contributed by atoms with Crippen LogP contribution in [0.5, 0.6) is 0 Å². The van der Waals surface area contributed by atoms with E-state index in [1.807, 2.05) is 18.3 Å². The molecule has 1 amide bonds. The van der Waals surface area contributed by atoms with Gasteiger partial charge in [0.25, 0.3) is 5.91 Å². The number of aromatic nitrogens is 1. The predicted molar refractivity (Wildman–Crippen MR) is 85.7 cm³/mol. The molecule has 118 valence electrons. The third-order valence-corrected chi connectivity index (χ3v) is 3.82. The van der Waals surface area contributed by atoms with Gasteiger partial charge in [0.15, 0.2) is 0 Å². The topological polar surface area (TPSA) is 44.9 Å². The summed E-state index contributed by atoms with van der Waals surface area (Å²) in [4.78, 5) is 15.0. The quantitative estimate of drug-likeness (QED) is 0.742. The molecule has 3 aromatic rings. The summed E-state index contributed by atoms with van der Waals surface area (Å²) in [5.74, 6) is -2.04. The van der Waals surface area contributed by atoms with E-state index in [4.69, 9.17) is 11.6 Å². The molecule has 0 fully saturated rings. The molecule has 2 aromatic carbocycles. The van der Waals surface area contributed by atoms with Crippen molar-refractivity contribution in [3.8, 4) is 0 Å². The first kappa shape index (κ1) is 15.5. The summed E-state index contributed by atoms with van der Waals surface area (Å²) in [6.07, 6.45) is 2.39. The highest BCUT2D eigenvalue weighted by atomic mass is 35.5. The number of amides is 1. The third kappa shape index (κ3) is 3.35.